The van der Waals surface area contributed by atoms with E-state index >= 15 is 0 Å². The number of nitrogens with zero attached hydrogens (tertiary/aromatic N) is 1. The summed E-state index contributed by atoms with van der Waals surface area (Å²) in [5.41, 5.74) is -0.572. The number of carbonyl (C=O) groups excluding carboxylic acids is 1. The van der Waals surface area contributed by atoms with Gasteiger partial charge in [-0.05, 0) is 20.8 Å². The van der Waals surface area contributed by atoms with Crippen LogP contribution >= 0.6 is 0 Å². The maximum atomic E-state index is 11.7. The fourth-order valence-electron chi connectivity index (χ4n) is 1.63. The van der Waals surface area contributed by atoms with Gasteiger partial charge in [-0.25, -0.2) is 4.79 Å². The van der Waals surface area contributed by atoms with Crippen LogP contribution in [0.4, 0.5) is 4.79 Å². The van der Waals surface area contributed by atoms with Crippen molar-refractivity contribution in [1.82, 2.24) is 4.90 Å². The van der Waals surface area contributed by atoms with E-state index in [2.05, 4.69) is 0 Å². The van der Waals surface area contributed by atoms with E-state index in [9.17, 15) is 15.0 Å². The number of likely N-dealkylation sites (tertiary alicyclic amines) is 1. The normalized spacial score (nSPS) is 30.2. The zero-order chi connectivity index (χ0) is 13.3. The Morgan fingerprint density at radius 3 is 2.47 bits per heavy atom. The smallest absolute Gasteiger partial charge is 0.410 e. The molecule has 2 unspecified atom stereocenters. The summed E-state index contributed by atoms with van der Waals surface area (Å²) in [5, 5.41) is 19.6. The Balaban J connectivity index is 2.58. The summed E-state index contributed by atoms with van der Waals surface area (Å²) in [5.74, 6) is -1.57. The molecular formula is C11H21NO5. The van der Waals surface area contributed by atoms with Crippen molar-refractivity contribution in [2.45, 2.75) is 44.7 Å². The Morgan fingerprint density at radius 1 is 1.47 bits per heavy atom. The van der Waals surface area contributed by atoms with Gasteiger partial charge in [0.05, 0.1) is 6.54 Å². The molecule has 0 saturated carbocycles. The molecule has 1 amide bonds. The molecule has 17 heavy (non-hydrogen) atoms. The van der Waals surface area contributed by atoms with Crippen LogP contribution in [0.5, 0.6) is 0 Å². The molecule has 0 spiro atoms. The van der Waals surface area contributed by atoms with Gasteiger partial charge in [0.15, 0.2) is 5.79 Å². The van der Waals surface area contributed by atoms with Crippen molar-refractivity contribution in [3.8, 4) is 0 Å². The lowest BCUT2D eigenvalue weighted by Gasteiger charge is -2.40. The van der Waals surface area contributed by atoms with Crippen molar-refractivity contribution in [3.05, 3.63) is 0 Å². The quantitative estimate of drug-likeness (QED) is 0.652. The monoisotopic (exact) mass is 247 g/mol. The second kappa shape index (κ2) is 4.80. The molecule has 2 N–H and O–H groups in total. The number of carbonyl (C=O) groups is 1. The number of methoxy groups -OCH3 is 1. The molecule has 0 radical (unpaired) electrons. The number of hydrogen-bond acceptors (Lipinski definition) is 5. The number of hydrogen-bond donors (Lipinski definition) is 2. The van der Waals surface area contributed by atoms with Gasteiger partial charge in [0.1, 0.15) is 11.7 Å². The van der Waals surface area contributed by atoms with Crippen LogP contribution in [0, 0.1) is 0 Å². The van der Waals surface area contributed by atoms with E-state index in [1.807, 2.05) is 0 Å². The number of piperidine rings is 1. The first-order valence-electron chi connectivity index (χ1n) is 5.61. The fraction of sp³-hybridized carbons (Fsp3) is 0.909. The zero-order valence-electron chi connectivity index (χ0n) is 10.8. The molecule has 1 aliphatic rings. The Bertz CT molecular complexity index is 288. The van der Waals surface area contributed by atoms with Crippen molar-refractivity contribution >= 4 is 6.09 Å². The molecule has 0 bridgehead atoms. The van der Waals surface area contributed by atoms with Gasteiger partial charge in [-0.3, -0.25) is 0 Å². The first-order chi connectivity index (χ1) is 7.68. The molecule has 6 nitrogen and oxygen atoms in total. The van der Waals surface area contributed by atoms with Crippen molar-refractivity contribution in [2.75, 3.05) is 20.2 Å². The van der Waals surface area contributed by atoms with E-state index in [1.54, 1.807) is 20.8 Å². The molecule has 1 rings (SSSR count). The maximum Gasteiger partial charge on any atom is 0.410 e. The van der Waals surface area contributed by atoms with Crippen LogP contribution in [0.1, 0.15) is 27.2 Å². The standard InChI is InChI=1S/C11H21NO5/c1-10(2,3)17-9(14)12-6-5-11(15,16-4)8(13)7-12/h8,13,15H,5-7H2,1-4H3. The van der Waals surface area contributed by atoms with Crippen LogP contribution in [0.2, 0.25) is 0 Å². The summed E-state index contributed by atoms with van der Waals surface area (Å²) in [4.78, 5) is 13.1. The predicted molar refractivity (Wildman–Crippen MR) is 60.4 cm³/mol. The Kier molecular flexibility index (Phi) is 4.01. The highest BCUT2D eigenvalue weighted by Crippen LogP contribution is 2.24. The molecule has 1 aliphatic heterocycles. The molecule has 0 aliphatic carbocycles. The highest BCUT2D eigenvalue weighted by molar-refractivity contribution is 5.68. The Hall–Kier alpha value is -0.850. The fourth-order valence-corrected chi connectivity index (χ4v) is 1.63. The van der Waals surface area contributed by atoms with Crippen LogP contribution in [0.25, 0.3) is 0 Å². The molecular weight excluding hydrogens is 226 g/mol. The minimum absolute atomic E-state index is 0.000741. The Labute approximate surface area is 101 Å². The van der Waals surface area contributed by atoms with Crippen molar-refractivity contribution < 1.29 is 24.5 Å². The topological polar surface area (TPSA) is 79.2 Å². The molecule has 0 aromatic carbocycles. The van der Waals surface area contributed by atoms with E-state index in [0.29, 0.717) is 0 Å². The average molecular weight is 247 g/mol. The lowest BCUT2D eigenvalue weighted by molar-refractivity contribution is -0.261. The van der Waals surface area contributed by atoms with E-state index in [-0.39, 0.29) is 19.5 Å². The largest absolute Gasteiger partial charge is 0.444 e. The van der Waals surface area contributed by atoms with Gasteiger partial charge in [0.25, 0.3) is 0 Å². The van der Waals surface area contributed by atoms with Gasteiger partial charge in [-0.2, -0.15) is 0 Å². The highest BCUT2D eigenvalue weighted by atomic mass is 16.6. The maximum absolute atomic E-state index is 11.7. The van der Waals surface area contributed by atoms with Crippen LogP contribution < -0.4 is 0 Å². The van der Waals surface area contributed by atoms with E-state index < -0.39 is 23.6 Å². The summed E-state index contributed by atoms with van der Waals surface area (Å²) in [7, 11) is 1.33. The van der Waals surface area contributed by atoms with Crippen molar-refractivity contribution in [2.24, 2.45) is 0 Å². The molecule has 0 aromatic rings. The Morgan fingerprint density at radius 2 is 2.06 bits per heavy atom. The van der Waals surface area contributed by atoms with Crippen molar-refractivity contribution in [3.63, 3.8) is 0 Å². The van der Waals surface area contributed by atoms with Crippen LogP contribution in [0.15, 0.2) is 0 Å². The summed E-state index contributed by atoms with van der Waals surface area (Å²) in [6, 6.07) is 0. The van der Waals surface area contributed by atoms with E-state index in [0.717, 1.165) is 0 Å². The van der Waals surface area contributed by atoms with Gasteiger partial charge < -0.3 is 24.6 Å². The van der Waals surface area contributed by atoms with Gasteiger partial charge in [0, 0.05) is 20.1 Å². The SMILES string of the molecule is COC1(O)CCN(C(=O)OC(C)(C)C)CC1O. The number of β-amino-alcohol motifs (C(OH)–C–C–N with tert-alkyl or cyclic N) is 1. The van der Waals surface area contributed by atoms with E-state index in [4.69, 9.17) is 9.47 Å². The molecule has 1 fully saturated rings. The number of aliphatic hydroxyl groups is 2. The lowest BCUT2D eigenvalue weighted by Crippen LogP contribution is -2.58. The molecule has 1 heterocycles. The number of rotatable bonds is 1. The van der Waals surface area contributed by atoms with E-state index in [1.165, 1.54) is 12.0 Å². The van der Waals surface area contributed by atoms with Gasteiger partial charge in [-0.15, -0.1) is 0 Å². The minimum Gasteiger partial charge on any atom is -0.444 e. The number of ether oxygens (including phenoxy) is 2. The molecule has 0 aromatic heterocycles. The number of amides is 1. The first kappa shape index (κ1) is 14.2. The summed E-state index contributed by atoms with van der Waals surface area (Å²) in [6.07, 6.45) is -1.47. The molecule has 2 atom stereocenters. The highest BCUT2D eigenvalue weighted by Gasteiger charge is 2.42. The minimum atomic E-state index is -1.57. The summed E-state index contributed by atoms with van der Waals surface area (Å²) < 4.78 is 10.0. The second-order valence-electron chi connectivity index (χ2n) is 5.24. The molecule has 100 valence electrons. The predicted octanol–water partition coefficient (Wildman–Crippen LogP) is 0.323. The van der Waals surface area contributed by atoms with Crippen LogP contribution in [-0.2, 0) is 9.47 Å². The molecule has 1 saturated heterocycles. The molecule has 6 heteroatoms. The van der Waals surface area contributed by atoms with Gasteiger partial charge >= 0.3 is 6.09 Å². The summed E-state index contributed by atoms with van der Waals surface area (Å²) >= 11 is 0. The lowest BCUT2D eigenvalue weighted by atomic mass is 10.0. The second-order valence-corrected chi connectivity index (χ2v) is 5.24. The third kappa shape index (κ3) is 3.55. The zero-order valence-corrected chi connectivity index (χ0v) is 10.8. The van der Waals surface area contributed by atoms with Crippen molar-refractivity contribution in [1.29, 1.82) is 0 Å². The third-order valence-corrected chi connectivity index (χ3v) is 2.66. The van der Waals surface area contributed by atoms with Gasteiger partial charge in [0.2, 0.25) is 0 Å². The first-order valence-corrected chi connectivity index (χ1v) is 5.61. The summed E-state index contributed by atoms with van der Waals surface area (Å²) in [6.45, 7) is 5.61. The van der Waals surface area contributed by atoms with Crippen LogP contribution in [0.3, 0.4) is 0 Å². The average Bonchev–Trinajstić information content (AvgIpc) is 2.19. The third-order valence-electron chi connectivity index (χ3n) is 2.66. The van der Waals surface area contributed by atoms with Gasteiger partial charge in [-0.1, -0.05) is 0 Å². The van der Waals surface area contributed by atoms with Crippen LogP contribution in [-0.4, -0.2) is 58.9 Å². The number of aliphatic hydroxyl groups excluding tert-OH is 1.